The number of methoxy groups -OCH3 is 2. The van der Waals surface area contributed by atoms with Gasteiger partial charge in [0.25, 0.3) is 10.0 Å². The van der Waals surface area contributed by atoms with Crippen LogP contribution in [0.4, 0.5) is 5.69 Å². The second kappa shape index (κ2) is 13.5. The number of halogens is 2. The molecular weight excluding hydrogens is 589 g/mol. The van der Waals surface area contributed by atoms with E-state index in [1.54, 1.807) is 37.3 Å². The summed E-state index contributed by atoms with van der Waals surface area (Å²) in [6, 6.07) is 13.4. The molecule has 1 N–H and O–H groups in total. The maximum atomic E-state index is 14.1. The molecule has 3 rings (SSSR count). The minimum absolute atomic E-state index is 0.0125. The number of nitrogens with zero attached hydrogens (tertiary/aromatic N) is 2. The van der Waals surface area contributed by atoms with E-state index in [1.165, 1.54) is 44.4 Å². The van der Waals surface area contributed by atoms with Gasteiger partial charge in [0.2, 0.25) is 11.8 Å². The molecular formula is C29H33Cl2N3O6S. The monoisotopic (exact) mass is 621 g/mol. The topological polar surface area (TPSA) is 105 Å². The number of hydrogen-bond acceptors (Lipinski definition) is 6. The van der Waals surface area contributed by atoms with E-state index in [-0.39, 0.29) is 22.2 Å². The molecule has 220 valence electrons. The second-order valence-electron chi connectivity index (χ2n) is 9.43. The van der Waals surface area contributed by atoms with Crippen molar-refractivity contribution in [3.63, 3.8) is 0 Å². The van der Waals surface area contributed by atoms with Crippen LogP contribution in [0.5, 0.6) is 11.5 Å². The third kappa shape index (κ3) is 7.44. The van der Waals surface area contributed by atoms with Crippen LogP contribution in [0.15, 0.2) is 59.5 Å². The van der Waals surface area contributed by atoms with Gasteiger partial charge in [-0.05, 0) is 73.9 Å². The maximum Gasteiger partial charge on any atom is 0.264 e. The van der Waals surface area contributed by atoms with Crippen molar-refractivity contribution in [2.24, 2.45) is 0 Å². The fraction of sp³-hybridized carbons (Fsp3) is 0.310. The molecule has 41 heavy (non-hydrogen) atoms. The first-order valence-electron chi connectivity index (χ1n) is 12.6. The van der Waals surface area contributed by atoms with Crippen LogP contribution in [0.3, 0.4) is 0 Å². The van der Waals surface area contributed by atoms with E-state index < -0.39 is 34.4 Å². The van der Waals surface area contributed by atoms with Crippen LogP contribution in [-0.2, 0) is 26.2 Å². The summed E-state index contributed by atoms with van der Waals surface area (Å²) in [5.74, 6) is -0.447. The van der Waals surface area contributed by atoms with Crippen molar-refractivity contribution in [3.05, 3.63) is 81.3 Å². The lowest BCUT2D eigenvalue weighted by atomic mass is 10.1. The zero-order valence-electron chi connectivity index (χ0n) is 23.7. The fourth-order valence-electron chi connectivity index (χ4n) is 4.35. The van der Waals surface area contributed by atoms with Crippen LogP contribution in [0.25, 0.3) is 0 Å². The highest BCUT2D eigenvalue weighted by Crippen LogP contribution is 2.33. The van der Waals surface area contributed by atoms with Gasteiger partial charge in [-0.3, -0.25) is 13.9 Å². The van der Waals surface area contributed by atoms with Crippen molar-refractivity contribution in [2.45, 2.75) is 38.3 Å². The molecule has 3 aromatic carbocycles. The minimum atomic E-state index is -4.30. The van der Waals surface area contributed by atoms with Crippen molar-refractivity contribution in [3.8, 4) is 11.5 Å². The van der Waals surface area contributed by atoms with Gasteiger partial charge in [-0.15, -0.1) is 0 Å². The normalized spacial score (nSPS) is 11.9. The number of aryl methyl sites for hydroxylation is 2. The first-order valence-corrected chi connectivity index (χ1v) is 14.8. The molecule has 0 radical (unpaired) electrons. The van der Waals surface area contributed by atoms with Crippen molar-refractivity contribution >= 4 is 50.7 Å². The summed E-state index contributed by atoms with van der Waals surface area (Å²) in [6.45, 7) is 4.65. The van der Waals surface area contributed by atoms with Crippen molar-refractivity contribution < 1.29 is 27.5 Å². The van der Waals surface area contributed by atoms with Gasteiger partial charge < -0.3 is 19.7 Å². The maximum absolute atomic E-state index is 14.1. The molecule has 1 atom stereocenters. The Morgan fingerprint density at radius 1 is 0.902 bits per heavy atom. The van der Waals surface area contributed by atoms with E-state index in [4.69, 9.17) is 32.7 Å². The first kappa shape index (κ1) is 32.0. The second-order valence-corrected chi connectivity index (χ2v) is 12.1. The molecule has 0 aliphatic rings. The summed E-state index contributed by atoms with van der Waals surface area (Å²) in [5.41, 5.74) is 2.54. The van der Waals surface area contributed by atoms with Crippen LogP contribution in [0, 0.1) is 13.8 Å². The van der Waals surface area contributed by atoms with Gasteiger partial charge in [0.05, 0.1) is 34.8 Å². The molecule has 0 saturated carbocycles. The number of carbonyl (C=O) groups excluding carboxylic acids is 2. The number of anilines is 1. The van der Waals surface area contributed by atoms with Crippen molar-refractivity contribution in [1.82, 2.24) is 10.2 Å². The number of hydrogen-bond donors (Lipinski definition) is 1. The minimum Gasteiger partial charge on any atom is -0.493 e. The molecule has 0 heterocycles. The highest BCUT2D eigenvalue weighted by atomic mass is 35.5. The summed E-state index contributed by atoms with van der Waals surface area (Å²) < 4.78 is 39.9. The van der Waals surface area contributed by atoms with Crippen LogP contribution in [0.2, 0.25) is 10.0 Å². The van der Waals surface area contributed by atoms with Gasteiger partial charge in [-0.2, -0.15) is 0 Å². The van der Waals surface area contributed by atoms with Gasteiger partial charge in [-0.1, -0.05) is 35.3 Å². The van der Waals surface area contributed by atoms with Gasteiger partial charge in [0.15, 0.2) is 11.5 Å². The molecule has 9 nitrogen and oxygen atoms in total. The average Bonchev–Trinajstić information content (AvgIpc) is 2.94. The zero-order chi connectivity index (χ0) is 30.5. The lowest BCUT2D eigenvalue weighted by Crippen LogP contribution is -2.50. The Morgan fingerprint density at radius 2 is 1.54 bits per heavy atom. The lowest BCUT2D eigenvalue weighted by Gasteiger charge is -2.32. The molecule has 2 amide bonds. The fourth-order valence-corrected chi connectivity index (χ4v) is 6.09. The molecule has 0 spiro atoms. The van der Waals surface area contributed by atoms with E-state index in [1.807, 2.05) is 19.9 Å². The SMILES string of the molecule is CNC(=O)[C@H](C)N(Cc1ccc(Cl)c(Cl)c1)C(=O)CN(c1cc(C)cc(C)c1)S(=O)(=O)c1ccc(OC)c(OC)c1. The predicted molar refractivity (Wildman–Crippen MR) is 161 cm³/mol. The standard InChI is InChI=1S/C29H33Cl2N3O6S/c1-18-11-19(2)13-22(12-18)34(41(37,38)23-8-10-26(39-5)27(15-23)40-6)17-28(35)33(20(3)29(36)32-4)16-21-7-9-24(30)25(31)14-21/h7-15,20H,16-17H2,1-6H3,(H,32,36)/t20-/m0/s1. The summed E-state index contributed by atoms with van der Waals surface area (Å²) >= 11 is 12.3. The first-order chi connectivity index (χ1) is 19.3. The molecule has 0 fully saturated rings. The Hall–Kier alpha value is -3.47. The average molecular weight is 623 g/mol. The molecule has 12 heteroatoms. The van der Waals surface area contributed by atoms with Gasteiger partial charge in [0, 0.05) is 19.7 Å². The van der Waals surface area contributed by atoms with Crippen LogP contribution >= 0.6 is 23.2 Å². The van der Waals surface area contributed by atoms with Gasteiger partial charge in [-0.25, -0.2) is 8.42 Å². The van der Waals surface area contributed by atoms with Gasteiger partial charge >= 0.3 is 0 Å². The smallest absolute Gasteiger partial charge is 0.264 e. The highest BCUT2D eigenvalue weighted by molar-refractivity contribution is 7.92. The summed E-state index contributed by atoms with van der Waals surface area (Å²) in [5, 5.41) is 3.18. The number of rotatable bonds is 11. The Labute approximate surface area is 251 Å². The van der Waals surface area contributed by atoms with Gasteiger partial charge in [0.1, 0.15) is 12.6 Å². The number of nitrogens with one attached hydrogen (secondary N) is 1. The molecule has 0 unspecified atom stereocenters. The van der Waals surface area contributed by atoms with E-state index in [9.17, 15) is 18.0 Å². The molecule has 0 aromatic heterocycles. The Morgan fingerprint density at radius 3 is 2.10 bits per heavy atom. The molecule has 0 aliphatic heterocycles. The Balaban J connectivity index is 2.12. The summed E-state index contributed by atoms with van der Waals surface area (Å²) in [7, 11) is 0.0133. The molecule has 0 saturated heterocycles. The van der Waals surface area contributed by atoms with E-state index in [0.717, 1.165) is 15.4 Å². The van der Waals surface area contributed by atoms with Crippen LogP contribution < -0.4 is 19.1 Å². The summed E-state index contributed by atoms with van der Waals surface area (Å²) in [4.78, 5) is 27.8. The highest BCUT2D eigenvalue weighted by Gasteiger charge is 2.33. The number of carbonyl (C=O) groups is 2. The number of benzene rings is 3. The van der Waals surface area contributed by atoms with E-state index in [2.05, 4.69) is 5.32 Å². The number of sulfonamides is 1. The lowest BCUT2D eigenvalue weighted by molar-refractivity contribution is -0.139. The van der Waals surface area contributed by atoms with Crippen molar-refractivity contribution in [1.29, 1.82) is 0 Å². The van der Waals surface area contributed by atoms with Crippen LogP contribution in [-0.4, -0.2) is 59.0 Å². The van der Waals surface area contributed by atoms with E-state index in [0.29, 0.717) is 22.0 Å². The van der Waals surface area contributed by atoms with Crippen molar-refractivity contribution in [2.75, 3.05) is 32.1 Å². The predicted octanol–water partition coefficient (Wildman–Crippen LogP) is 4.99. The molecule has 0 aliphatic carbocycles. The largest absolute Gasteiger partial charge is 0.493 e. The third-order valence-corrected chi connectivity index (χ3v) is 8.98. The number of amides is 2. The third-order valence-electron chi connectivity index (χ3n) is 6.47. The summed E-state index contributed by atoms with van der Waals surface area (Å²) in [6.07, 6.45) is 0. The Bertz CT molecular complexity index is 1530. The zero-order valence-corrected chi connectivity index (χ0v) is 26.0. The quantitative estimate of drug-likeness (QED) is 0.323. The number of likely N-dealkylation sites (N-methyl/N-ethyl adjacent to an activating group) is 1. The Kier molecular flexibility index (Phi) is 10.5. The number of ether oxygens (including phenoxy) is 2. The van der Waals surface area contributed by atoms with E-state index >= 15 is 0 Å². The molecule has 0 bridgehead atoms. The molecule has 3 aromatic rings. The van der Waals surface area contributed by atoms with Crippen LogP contribution in [0.1, 0.15) is 23.6 Å².